The molecule has 2 heterocycles. The van der Waals surface area contributed by atoms with Crippen molar-refractivity contribution in [2.75, 3.05) is 18.8 Å². The van der Waals surface area contributed by atoms with Crippen LogP contribution >= 0.6 is 23.1 Å². The van der Waals surface area contributed by atoms with Crippen LogP contribution in [0.4, 0.5) is 0 Å². The van der Waals surface area contributed by atoms with Gasteiger partial charge >= 0.3 is 0 Å². The minimum atomic E-state index is 1.10. The maximum Gasteiger partial charge on any atom is 0.265 e. The van der Waals surface area contributed by atoms with E-state index in [1.165, 1.54) is 32.6 Å². The summed E-state index contributed by atoms with van der Waals surface area (Å²) in [4.78, 5) is 2.45. The Bertz CT molecular complexity index is 601. The number of nitrogens with zero attached hydrogens (tertiary/aromatic N) is 2. The Hall–Kier alpha value is -1.00. The van der Waals surface area contributed by atoms with Crippen molar-refractivity contribution in [3.8, 4) is 0 Å². The first-order valence-corrected chi connectivity index (χ1v) is 8.07. The fourth-order valence-corrected chi connectivity index (χ4v) is 4.54. The van der Waals surface area contributed by atoms with Crippen molar-refractivity contribution in [2.45, 2.75) is 6.92 Å². The van der Waals surface area contributed by atoms with Crippen LogP contribution in [0.3, 0.4) is 0 Å². The molecule has 1 aromatic carbocycles. The van der Waals surface area contributed by atoms with Gasteiger partial charge in [0.15, 0.2) is 0 Å². The number of hydrogen-bond acceptors (Lipinski definition) is 3. The van der Waals surface area contributed by atoms with E-state index in [1.54, 1.807) is 0 Å². The third-order valence-corrected chi connectivity index (χ3v) is 5.55. The van der Waals surface area contributed by atoms with Gasteiger partial charge < -0.3 is 4.90 Å². The number of rotatable bonds is 2. The summed E-state index contributed by atoms with van der Waals surface area (Å²) in [5, 5.41) is 2.75. The summed E-state index contributed by atoms with van der Waals surface area (Å²) in [7, 11) is 2.15. The normalized spacial score (nSPS) is 18.1. The Kier molecular flexibility index (Phi) is 3.31. The number of aromatic nitrogens is 1. The Morgan fingerprint density at radius 1 is 1.39 bits per heavy atom. The van der Waals surface area contributed by atoms with Gasteiger partial charge in [0.2, 0.25) is 5.52 Å². The molecule has 18 heavy (non-hydrogen) atoms. The van der Waals surface area contributed by atoms with Gasteiger partial charge in [-0.25, -0.2) is 0 Å². The zero-order chi connectivity index (χ0) is 12.5. The first-order chi connectivity index (χ1) is 8.79. The van der Waals surface area contributed by atoms with E-state index < -0.39 is 0 Å². The Labute approximate surface area is 116 Å². The minimum Gasteiger partial charge on any atom is -0.366 e. The van der Waals surface area contributed by atoms with Gasteiger partial charge in [0.1, 0.15) is 11.7 Å². The molecule has 0 atom stereocenters. The monoisotopic (exact) mass is 277 g/mol. The van der Waals surface area contributed by atoms with E-state index in [1.807, 2.05) is 23.1 Å². The molecule has 1 aromatic heterocycles. The van der Waals surface area contributed by atoms with E-state index in [9.17, 15) is 0 Å². The van der Waals surface area contributed by atoms with Gasteiger partial charge in [0.25, 0.3) is 5.01 Å². The van der Waals surface area contributed by atoms with E-state index in [4.69, 9.17) is 0 Å². The number of thiazole rings is 1. The highest BCUT2D eigenvalue weighted by molar-refractivity contribution is 8.03. The van der Waals surface area contributed by atoms with Gasteiger partial charge in [-0.1, -0.05) is 23.5 Å². The van der Waals surface area contributed by atoms with Crippen LogP contribution < -0.4 is 4.57 Å². The second-order valence-corrected chi connectivity index (χ2v) is 6.56. The van der Waals surface area contributed by atoms with Crippen molar-refractivity contribution >= 4 is 39.4 Å². The van der Waals surface area contributed by atoms with Crippen LogP contribution in [-0.4, -0.2) is 23.7 Å². The summed E-state index contributed by atoms with van der Waals surface area (Å²) in [6, 6.07) is 8.60. The van der Waals surface area contributed by atoms with Crippen LogP contribution in [0.25, 0.3) is 16.3 Å². The molecular formula is C14H17N2S2+. The summed E-state index contributed by atoms with van der Waals surface area (Å²) >= 11 is 3.84. The SMILES string of the molecule is CCN1CCS/C1=C/c1sc2ccccc2[n+]1C. The van der Waals surface area contributed by atoms with Crippen LogP contribution in [0.15, 0.2) is 29.3 Å². The van der Waals surface area contributed by atoms with Crippen molar-refractivity contribution < 1.29 is 4.57 Å². The molecule has 0 radical (unpaired) electrons. The maximum atomic E-state index is 2.45. The number of hydrogen-bond donors (Lipinski definition) is 0. The standard InChI is InChI=1S/C14H17N2S2/c1-3-16-8-9-17-14(16)10-13-15(2)11-6-4-5-7-12(11)18-13/h4-7,10H,3,8-9H2,1-2H3/q+1. The second kappa shape index (κ2) is 4.94. The molecule has 0 N–H and O–H groups in total. The molecule has 3 rings (SSSR count). The Morgan fingerprint density at radius 3 is 3.00 bits per heavy atom. The van der Waals surface area contributed by atoms with Crippen molar-refractivity contribution in [1.29, 1.82) is 0 Å². The highest BCUT2D eigenvalue weighted by Crippen LogP contribution is 2.30. The minimum absolute atomic E-state index is 1.10. The average molecular weight is 277 g/mol. The van der Waals surface area contributed by atoms with Crippen molar-refractivity contribution in [3.05, 3.63) is 34.3 Å². The fraction of sp³-hybridized carbons (Fsp3) is 0.357. The lowest BCUT2D eigenvalue weighted by Gasteiger charge is -2.14. The third kappa shape index (κ3) is 2.04. The predicted molar refractivity (Wildman–Crippen MR) is 80.7 cm³/mol. The zero-order valence-electron chi connectivity index (χ0n) is 10.7. The molecule has 4 heteroatoms. The number of para-hydroxylation sites is 1. The Morgan fingerprint density at radius 2 is 2.22 bits per heavy atom. The second-order valence-electron chi connectivity index (χ2n) is 4.38. The molecule has 1 fully saturated rings. The van der Waals surface area contributed by atoms with E-state index >= 15 is 0 Å². The molecule has 0 amide bonds. The number of benzene rings is 1. The molecule has 0 aliphatic carbocycles. The van der Waals surface area contributed by atoms with Crippen molar-refractivity contribution in [2.24, 2.45) is 7.05 Å². The van der Waals surface area contributed by atoms with Crippen LogP contribution in [0.5, 0.6) is 0 Å². The third-order valence-electron chi connectivity index (χ3n) is 3.32. The summed E-state index contributed by atoms with van der Waals surface area (Å²) in [5.41, 5.74) is 1.32. The van der Waals surface area contributed by atoms with E-state index in [2.05, 4.69) is 53.8 Å². The smallest absolute Gasteiger partial charge is 0.265 e. The van der Waals surface area contributed by atoms with E-state index in [-0.39, 0.29) is 0 Å². The predicted octanol–water partition coefficient (Wildman–Crippen LogP) is 3.09. The highest BCUT2D eigenvalue weighted by Gasteiger charge is 2.20. The van der Waals surface area contributed by atoms with Gasteiger partial charge in [-0.15, -0.1) is 11.8 Å². The number of aryl methyl sites for hydroxylation is 1. The van der Waals surface area contributed by atoms with E-state index in [0.717, 1.165) is 6.54 Å². The summed E-state index contributed by atoms with van der Waals surface area (Å²) < 4.78 is 3.65. The van der Waals surface area contributed by atoms with Crippen LogP contribution in [0.2, 0.25) is 0 Å². The number of fused-ring (bicyclic) bond motifs is 1. The van der Waals surface area contributed by atoms with Crippen LogP contribution in [0, 0.1) is 0 Å². The van der Waals surface area contributed by atoms with Crippen LogP contribution in [-0.2, 0) is 7.05 Å². The molecular weight excluding hydrogens is 260 g/mol. The maximum absolute atomic E-state index is 2.45. The topological polar surface area (TPSA) is 7.12 Å². The molecule has 1 aliphatic rings. The summed E-state index contributed by atoms with van der Waals surface area (Å²) in [6.07, 6.45) is 2.34. The molecule has 94 valence electrons. The summed E-state index contributed by atoms with van der Waals surface area (Å²) in [5.74, 6) is 1.22. The average Bonchev–Trinajstić information content (AvgIpc) is 2.96. The first-order valence-electron chi connectivity index (χ1n) is 6.26. The molecule has 1 saturated heterocycles. The van der Waals surface area contributed by atoms with Crippen LogP contribution in [0.1, 0.15) is 11.9 Å². The van der Waals surface area contributed by atoms with Gasteiger partial charge in [0.05, 0.1) is 11.1 Å². The lowest BCUT2D eigenvalue weighted by Crippen LogP contribution is -2.29. The van der Waals surface area contributed by atoms with Gasteiger partial charge in [-0.3, -0.25) is 0 Å². The molecule has 0 saturated carbocycles. The van der Waals surface area contributed by atoms with E-state index in [0.29, 0.717) is 0 Å². The lowest BCUT2D eigenvalue weighted by molar-refractivity contribution is -0.642. The van der Waals surface area contributed by atoms with Gasteiger partial charge in [0, 0.05) is 24.9 Å². The molecule has 1 aliphatic heterocycles. The van der Waals surface area contributed by atoms with Gasteiger partial charge in [-0.05, 0) is 13.0 Å². The highest BCUT2D eigenvalue weighted by atomic mass is 32.2. The van der Waals surface area contributed by atoms with Gasteiger partial charge in [-0.2, -0.15) is 4.57 Å². The largest absolute Gasteiger partial charge is 0.366 e. The van der Waals surface area contributed by atoms with Crippen molar-refractivity contribution in [3.63, 3.8) is 0 Å². The number of thioether (sulfide) groups is 1. The Balaban J connectivity index is 2.04. The van der Waals surface area contributed by atoms with Crippen molar-refractivity contribution in [1.82, 2.24) is 4.90 Å². The molecule has 2 aromatic rings. The quantitative estimate of drug-likeness (QED) is 0.779. The zero-order valence-corrected chi connectivity index (χ0v) is 12.4. The fourth-order valence-electron chi connectivity index (χ4n) is 2.26. The molecule has 0 unspecified atom stereocenters. The lowest BCUT2D eigenvalue weighted by atomic mass is 10.3. The summed E-state index contributed by atoms with van der Waals surface area (Å²) in [6.45, 7) is 4.51. The first kappa shape index (κ1) is 12.1. The molecule has 0 spiro atoms. The molecule has 2 nitrogen and oxygen atoms in total. The molecule has 0 bridgehead atoms.